The summed E-state index contributed by atoms with van der Waals surface area (Å²) < 4.78 is 16.8. The minimum Gasteiger partial charge on any atom is -0.465 e. The van der Waals surface area contributed by atoms with Gasteiger partial charge in [0.25, 0.3) is 0 Å². The van der Waals surface area contributed by atoms with Crippen LogP contribution >= 0.6 is 11.8 Å². The number of ether oxygens (including phenoxy) is 1. The maximum Gasteiger partial charge on any atom is 0.321 e. The topological polar surface area (TPSA) is 67.8 Å². The van der Waals surface area contributed by atoms with Crippen LogP contribution in [0.3, 0.4) is 0 Å². The Morgan fingerprint density at radius 3 is 2.76 bits per heavy atom. The largest absolute Gasteiger partial charge is 0.465 e. The SMILES string of the molecule is CCOC(=O)[C@@H]1SC(S(C)=O)=NN[C@H]1C(C)C. The molecule has 0 radical (unpaired) electrons. The lowest BCUT2D eigenvalue weighted by atomic mass is 10.0. The average Bonchev–Trinajstić information content (AvgIpc) is 2.28. The summed E-state index contributed by atoms with van der Waals surface area (Å²) in [5, 5.41) is 3.66. The van der Waals surface area contributed by atoms with Gasteiger partial charge in [0.1, 0.15) is 5.25 Å². The number of carbonyl (C=O) groups excluding carboxylic acids is 1. The van der Waals surface area contributed by atoms with Crippen LogP contribution in [-0.2, 0) is 20.3 Å². The molecule has 0 spiro atoms. The van der Waals surface area contributed by atoms with E-state index in [-0.39, 0.29) is 23.2 Å². The van der Waals surface area contributed by atoms with Crippen molar-refractivity contribution in [3.63, 3.8) is 0 Å². The second kappa shape index (κ2) is 6.39. The molecule has 98 valence electrons. The minimum atomic E-state index is -1.18. The highest BCUT2D eigenvalue weighted by Crippen LogP contribution is 2.27. The summed E-state index contributed by atoms with van der Waals surface area (Å²) in [7, 11) is -1.18. The Hall–Kier alpha value is -0.560. The van der Waals surface area contributed by atoms with Crippen molar-refractivity contribution in [2.45, 2.75) is 32.1 Å². The van der Waals surface area contributed by atoms with Crippen LogP contribution < -0.4 is 5.43 Å². The fraction of sp³-hybridized carbons (Fsp3) is 0.800. The minimum absolute atomic E-state index is 0.0913. The van der Waals surface area contributed by atoms with Crippen molar-refractivity contribution in [1.82, 2.24) is 5.43 Å². The quantitative estimate of drug-likeness (QED) is 0.778. The fourth-order valence-corrected chi connectivity index (χ4v) is 3.50. The van der Waals surface area contributed by atoms with Gasteiger partial charge in [0.05, 0.1) is 23.4 Å². The van der Waals surface area contributed by atoms with Crippen LogP contribution in [0, 0.1) is 5.92 Å². The molecule has 0 amide bonds. The molecule has 1 aliphatic heterocycles. The Morgan fingerprint density at radius 1 is 1.65 bits per heavy atom. The second-order valence-electron chi connectivity index (χ2n) is 4.02. The van der Waals surface area contributed by atoms with E-state index in [0.29, 0.717) is 11.0 Å². The van der Waals surface area contributed by atoms with Gasteiger partial charge in [-0.3, -0.25) is 9.00 Å². The maximum atomic E-state index is 11.8. The van der Waals surface area contributed by atoms with E-state index < -0.39 is 10.8 Å². The molecule has 5 nitrogen and oxygen atoms in total. The summed E-state index contributed by atoms with van der Waals surface area (Å²) in [6, 6.07) is -0.0913. The van der Waals surface area contributed by atoms with E-state index in [4.69, 9.17) is 4.74 Å². The van der Waals surface area contributed by atoms with E-state index in [1.807, 2.05) is 13.8 Å². The zero-order valence-electron chi connectivity index (χ0n) is 10.4. The first-order valence-electron chi connectivity index (χ1n) is 5.47. The van der Waals surface area contributed by atoms with E-state index in [2.05, 4.69) is 10.5 Å². The number of nitrogens with zero attached hydrogens (tertiary/aromatic N) is 1. The lowest BCUT2D eigenvalue weighted by molar-refractivity contribution is -0.143. The number of thioether (sulfide) groups is 1. The van der Waals surface area contributed by atoms with Crippen molar-refractivity contribution >= 4 is 32.9 Å². The molecule has 0 fully saturated rings. The van der Waals surface area contributed by atoms with Crippen LogP contribution in [0.2, 0.25) is 0 Å². The predicted octanol–water partition coefficient (Wildman–Crippen LogP) is 0.929. The zero-order chi connectivity index (χ0) is 13.0. The number of esters is 1. The first kappa shape index (κ1) is 14.5. The number of nitrogens with one attached hydrogen (secondary N) is 1. The zero-order valence-corrected chi connectivity index (χ0v) is 12.1. The molecule has 1 N–H and O–H groups in total. The lowest BCUT2D eigenvalue weighted by Crippen LogP contribution is -2.48. The third-order valence-corrected chi connectivity index (χ3v) is 4.95. The highest BCUT2D eigenvalue weighted by Gasteiger charge is 2.37. The molecule has 0 aliphatic carbocycles. The van der Waals surface area contributed by atoms with E-state index in [1.165, 1.54) is 11.8 Å². The van der Waals surface area contributed by atoms with Crippen molar-refractivity contribution in [3.05, 3.63) is 0 Å². The van der Waals surface area contributed by atoms with Gasteiger partial charge in [0, 0.05) is 6.26 Å². The smallest absolute Gasteiger partial charge is 0.321 e. The van der Waals surface area contributed by atoms with Crippen LogP contribution in [0.15, 0.2) is 5.10 Å². The summed E-state index contributed by atoms with van der Waals surface area (Å²) in [5.74, 6) is -0.0333. The van der Waals surface area contributed by atoms with Crippen molar-refractivity contribution in [3.8, 4) is 0 Å². The van der Waals surface area contributed by atoms with Gasteiger partial charge < -0.3 is 10.2 Å². The van der Waals surface area contributed by atoms with Gasteiger partial charge in [-0.1, -0.05) is 25.6 Å². The Kier molecular flexibility index (Phi) is 5.45. The molecule has 0 saturated heterocycles. The van der Waals surface area contributed by atoms with Crippen molar-refractivity contribution in [2.24, 2.45) is 11.0 Å². The normalized spacial score (nSPS) is 26.1. The third kappa shape index (κ3) is 3.70. The molecular formula is C10H18N2O3S2. The Morgan fingerprint density at radius 2 is 2.29 bits per heavy atom. The third-order valence-electron chi connectivity index (χ3n) is 2.34. The van der Waals surface area contributed by atoms with Crippen LogP contribution in [0.25, 0.3) is 0 Å². The molecule has 1 heterocycles. The summed E-state index contributed by atoms with van der Waals surface area (Å²) in [5.41, 5.74) is 2.91. The number of hydrogen-bond donors (Lipinski definition) is 1. The molecule has 1 rings (SSSR count). The molecule has 3 atom stereocenters. The number of hydrogen-bond acceptors (Lipinski definition) is 6. The monoisotopic (exact) mass is 278 g/mol. The molecule has 0 saturated carbocycles. The lowest BCUT2D eigenvalue weighted by Gasteiger charge is -2.31. The predicted molar refractivity (Wildman–Crippen MR) is 71.3 cm³/mol. The Labute approximate surface area is 108 Å². The van der Waals surface area contributed by atoms with Gasteiger partial charge in [-0.05, 0) is 12.8 Å². The van der Waals surface area contributed by atoms with E-state index in [9.17, 15) is 9.00 Å². The van der Waals surface area contributed by atoms with Gasteiger partial charge in [-0.25, -0.2) is 0 Å². The van der Waals surface area contributed by atoms with Crippen LogP contribution in [-0.4, -0.2) is 38.7 Å². The standard InChI is InChI=1S/C10H18N2O3S2/c1-5-15-9(13)8-7(6(2)3)11-12-10(16-8)17(4)14/h6-8,11H,5H2,1-4H3/t7-,8+,17?/m0/s1. The second-order valence-corrected chi connectivity index (χ2v) is 6.70. The number of carbonyl (C=O) groups is 1. The molecule has 0 aromatic heterocycles. The summed E-state index contributed by atoms with van der Waals surface area (Å²) in [4.78, 5) is 11.8. The van der Waals surface area contributed by atoms with E-state index in [0.717, 1.165) is 0 Å². The number of hydrazone groups is 1. The fourth-order valence-electron chi connectivity index (χ4n) is 1.45. The molecule has 0 aromatic rings. The molecule has 0 bridgehead atoms. The van der Waals surface area contributed by atoms with E-state index >= 15 is 0 Å². The molecule has 0 aromatic carbocycles. The first-order chi connectivity index (χ1) is 7.97. The van der Waals surface area contributed by atoms with Gasteiger partial charge in [0.15, 0.2) is 4.38 Å². The molecular weight excluding hydrogens is 260 g/mol. The van der Waals surface area contributed by atoms with E-state index in [1.54, 1.807) is 13.2 Å². The highest BCUT2D eigenvalue weighted by molar-refractivity contribution is 8.33. The molecule has 17 heavy (non-hydrogen) atoms. The first-order valence-corrected chi connectivity index (χ1v) is 7.91. The molecule has 1 aliphatic rings. The number of rotatable bonds is 3. The van der Waals surface area contributed by atoms with Crippen molar-refractivity contribution < 1.29 is 13.7 Å². The summed E-state index contributed by atoms with van der Waals surface area (Å²) >= 11 is 1.24. The van der Waals surface area contributed by atoms with Crippen molar-refractivity contribution in [1.29, 1.82) is 0 Å². The highest BCUT2D eigenvalue weighted by atomic mass is 32.2. The van der Waals surface area contributed by atoms with Crippen LogP contribution in [0.1, 0.15) is 20.8 Å². The summed E-state index contributed by atoms with van der Waals surface area (Å²) in [6.07, 6.45) is 1.55. The Bertz CT molecular complexity index is 344. The molecule has 1 unspecified atom stereocenters. The van der Waals surface area contributed by atoms with Gasteiger partial charge >= 0.3 is 5.97 Å². The van der Waals surface area contributed by atoms with Gasteiger partial charge in [-0.2, -0.15) is 5.10 Å². The van der Waals surface area contributed by atoms with Crippen LogP contribution in [0.4, 0.5) is 0 Å². The summed E-state index contributed by atoms with van der Waals surface area (Å²) in [6.45, 7) is 6.14. The Balaban J connectivity index is 2.86. The molecule has 7 heteroatoms. The average molecular weight is 278 g/mol. The van der Waals surface area contributed by atoms with Gasteiger partial charge in [-0.15, -0.1) is 0 Å². The maximum absolute atomic E-state index is 11.8. The van der Waals surface area contributed by atoms with Crippen LogP contribution in [0.5, 0.6) is 0 Å². The van der Waals surface area contributed by atoms with Gasteiger partial charge in [0.2, 0.25) is 0 Å². The van der Waals surface area contributed by atoms with Crippen molar-refractivity contribution in [2.75, 3.05) is 12.9 Å².